The van der Waals surface area contributed by atoms with Gasteiger partial charge in [0.25, 0.3) is 5.91 Å². The summed E-state index contributed by atoms with van der Waals surface area (Å²) >= 11 is 0. The molecule has 0 radical (unpaired) electrons. The van der Waals surface area contributed by atoms with Crippen molar-refractivity contribution in [1.82, 2.24) is 19.8 Å². The number of nitrogens with zero attached hydrogens (tertiary/aromatic N) is 6. The van der Waals surface area contributed by atoms with Crippen LogP contribution in [0.2, 0.25) is 0 Å². The summed E-state index contributed by atoms with van der Waals surface area (Å²) in [6.07, 6.45) is 3.97. The molecule has 44 heavy (non-hydrogen) atoms. The second kappa shape index (κ2) is 11.1. The van der Waals surface area contributed by atoms with E-state index in [4.69, 9.17) is 11.3 Å². The van der Waals surface area contributed by atoms with Gasteiger partial charge in [-0.1, -0.05) is 24.8 Å². The number of carbonyl (C=O) groups is 1. The molecule has 0 bridgehead atoms. The smallest absolute Gasteiger partial charge is 0.319 e. The molecular weight excluding hydrogens is 569 g/mol. The molecule has 2 aliphatic heterocycles. The van der Waals surface area contributed by atoms with Gasteiger partial charge in [0.2, 0.25) is 6.54 Å². The third-order valence-corrected chi connectivity index (χ3v) is 9.74. The van der Waals surface area contributed by atoms with Crippen molar-refractivity contribution in [1.29, 1.82) is 0 Å². The molecule has 1 saturated carbocycles. The van der Waals surface area contributed by atoms with Crippen molar-refractivity contribution < 1.29 is 22.7 Å². The van der Waals surface area contributed by atoms with Gasteiger partial charge in [0.15, 0.2) is 11.6 Å². The molecule has 3 fully saturated rings. The lowest BCUT2D eigenvalue weighted by molar-refractivity contribution is -0.131. The minimum absolute atomic E-state index is 0.0258. The summed E-state index contributed by atoms with van der Waals surface area (Å²) < 4.78 is 52.6. The van der Waals surface area contributed by atoms with Gasteiger partial charge in [-0.2, -0.15) is 9.97 Å². The highest BCUT2D eigenvalue weighted by Gasteiger charge is 2.46. The quantitative estimate of drug-likeness (QED) is 0.276. The zero-order chi connectivity index (χ0) is 30.7. The number of aromatic nitrogens is 2. The van der Waals surface area contributed by atoms with Crippen LogP contribution in [-0.2, 0) is 11.2 Å². The predicted molar refractivity (Wildman–Crippen MR) is 160 cm³/mol. The Hall–Kier alpha value is -4.17. The highest BCUT2D eigenvalue weighted by atomic mass is 19.1. The maximum Gasteiger partial charge on any atom is 0.319 e. The van der Waals surface area contributed by atoms with Crippen molar-refractivity contribution in [2.24, 2.45) is 5.92 Å². The van der Waals surface area contributed by atoms with Gasteiger partial charge in [0, 0.05) is 31.1 Å². The fourth-order valence-electron chi connectivity index (χ4n) is 7.36. The van der Waals surface area contributed by atoms with Crippen molar-refractivity contribution in [3.8, 4) is 17.1 Å². The SMILES string of the molecule is [C-]#[N+]C[C@H]1CN(c2nc(OC[C@@H]3CCCN3C)nc3c(F)c(-c4cccc5c4[C@@H]4C[C@@H]4C5)c(F)cc23)CCN1C(=O)C(=C)F. The van der Waals surface area contributed by atoms with Crippen LogP contribution < -0.4 is 9.64 Å². The zero-order valence-corrected chi connectivity index (χ0v) is 24.5. The summed E-state index contributed by atoms with van der Waals surface area (Å²) in [7, 11) is 2.02. The van der Waals surface area contributed by atoms with Crippen LogP contribution in [0.1, 0.15) is 36.3 Å². The third kappa shape index (κ3) is 4.85. The van der Waals surface area contributed by atoms with Crippen LogP contribution in [0.5, 0.6) is 6.01 Å². The van der Waals surface area contributed by atoms with Crippen molar-refractivity contribution in [3.63, 3.8) is 0 Å². The van der Waals surface area contributed by atoms with Gasteiger partial charge in [0.1, 0.15) is 29.8 Å². The monoisotopic (exact) mass is 602 g/mol. The number of anilines is 1. The Balaban J connectivity index is 1.32. The summed E-state index contributed by atoms with van der Waals surface area (Å²) in [5, 5.41) is 0.169. The molecule has 7 rings (SSSR count). The average Bonchev–Trinajstić information content (AvgIpc) is 3.48. The number of hydrogen-bond acceptors (Lipinski definition) is 6. The maximum atomic E-state index is 16.7. The molecule has 4 aliphatic rings. The molecule has 11 heteroatoms. The molecule has 3 heterocycles. The number of likely N-dealkylation sites (tertiary alicyclic amines) is 1. The van der Waals surface area contributed by atoms with E-state index in [1.165, 1.54) is 11.0 Å². The highest BCUT2D eigenvalue weighted by Crippen LogP contribution is 2.59. The summed E-state index contributed by atoms with van der Waals surface area (Å²) in [5.74, 6) is -2.33. The molecule has 228 valence electrons. The van der Waals surface area contributed by atoms with Gasteiger partial charge in [-0.25, -0.2) is 19.7 Å². The minimum atomic E-state index is -1.10. The first kappa shape index (κ1) is 28.6. The molecule has 2 saturated heterocycles. The summed E-state index contributed by atoms with van der Waals surface area (Å²) in [5.41, 5.74) is 2.58. The normalized spacial score (nSPS) is 24.2. The molecule has 2 aromatic carbocycles. The van der Waals surface area contributed by atoms with Crippen molar-refractivity contribution in [2.75, 3.05) is 51.3 Å². The molecule has 8 nitrogen and oxygen atoms in total. The van der Waals surface area contributed by atoms with Crippen LogP contribution in [0, 0.1) is 24.1 Å². The van der Waals surface area contributed by atoms with Crippen LogP contribution in [0.25, 0.3) is 26.9 Å². The van der Waals surface area contributed by atoms with E-state index in [1.807, 2.05) is 19.2 Å². The van der Waals surface area contributed by atoms with E-state index in [0.29, 0.717) is 24.0 Å². The predicted octanol–water partition coefficient (Wildman–Crippen LogP) is 5.13. The Kier molecular flexibility index (Phi) is 7.20. The number of halogens is 3. The van der Waals surface area contributed by atoms with E-state index in [9.17, 15) is 9.18 Å². The summed E-state index contributed by atoms with van der Waals surface area (Å²) in [4.78, 5) is 30.3. The lowest BCUT2D eigenvalue weighted by Crippen LogP contribution is -2.56. The van der Waals surface area contributed by atoms with Crippen LogP contribution in [0.3, 0.4) is 0 Å². The standard InChI is InChI=1S/C33H33F3N6O2/c1-18(34)32(43)42-11-10-41(16-22(42)15-37-2)31-25-14-26(35)28(23-8-4-6-19-12-20-13-24(20)27(19)23)29(36)30(25)38-33(39-31)44-17-21-7-5-9-40(21)3/h4,6,8,14,20-22,24H,1,5,7,9-13,15-17H2,3H3/t20-,21-,22-,24+/m0/s1. The zero-order valence-electron chi connectivity index (χ0n) is 24.5. The van der Waals surface area contributed by atoms with Gasteiger partial charge < -0.3 is 24.3 Å². The Bertz CT molecular complexity index is 1720. The first-order valence-electron chi connectivity index (χ1n) is 15.1. The van der Waals surface area contributed by atoms with E-state index in [1.54, 1.807) is 11.0 Å². The second-order valence-electron chi connectivity index (χ2n) is 12.4. The molecular formula is C33H33F3N6O2. The summed E-state index contributed by atoms with van der Waals surface area (Å²) in [6, 6.07) is 6.42. The Morgan fingerprint density at radius 1 is 1.20 bits per heavy atom. The molecule has 4 atom stereocenters. The topological polar surface area (TPSA) is 66.2 Å². The number of benzene rings is 2. The van der Waals surface area contributed by atoms with Crippen molar-refractivity contribution in [2.45, 2.75) is 43.7 Å². The lowest BCUT2D eigenvalue weighted by Gasteiger charge is -2.39. The van der Waals surface area contributed by atoms with Crippen molar-refractivity contribution >= 4 is 22.6 Å². The lowest BCUT2D eigenvalue weighted by atomic mass is 9.93. The second-order valence-corrected chi connectivity index (χ2v) is 12.4. The Morgan fingerprint density at radius 3 is 2.80 bits per heavy atom. The molecule has 0 unspecified atom stereocenters. The van der Waals surface area contributed by atoms with Gasteiger partial charge in [-0.05, 0) is 73.9 Å². The number of ether oxygens (including phenoxy) is 1. The highest BCUT2D eigenvalue weighted by molar-refractivity contribution is 5.95. The number of carbonyl (C=O) groups excluding carboxylic acids is 1. The number of piperazine rings is 1. The summed E-state index contributed by atoms with van der Waals surface area (Å²) in [6.45, 7) is 12.1. The fourth-order valence-corrected chi connectivity index (χ4v) is 7.36. The van der Waals surface area contributed by atoms with E-state index in [0.717, 1.165) is 43.4 Å². The van der Waals surface area contributed by atoms with Gasteiger partial charge >= 0.3 is 6.01 Å². The van der Waals surface area contributed by atoms with E-state index < -0.39 is 29.4 Å². The molecule has 3 aromatic rings. The van der Waals surface area contributed by atoms with Crippen LogP contribution in [0.4, 0.5) is 19.0 Å². The van der Waals surface area contributed by atoms with Gasteiger partial charge in [-0.15, -0.1) is 0 Å². The van der Waals surface area contributed by atoms with Crippen LogP contribution >= 0.6 is 0 Å². The Labute approximate surface area is 253 Å². The largest absolute Gasteiger partial charge is 0.462 e. The minimum Gasteiger partial charge on any atom is -0.462 e. The number of likely N-dealkylation sites (N-methyl/N-ethyl adjacent to an activating group) is 1. The van der Waals surface area contributed by atoms with Crippen LogP contribution in [-0.4, -0.2) is 84.1 Å². The van der Waals surface area contributed by atoms with E-state index in [2.05, 4.69) is 26.3 Å². The van der Waals surface area contributed by atoms with E-state index in [-0.39, 0.29) is 60.5 Å². The van der Waals surface area contributed by atoms with Crippen molar-refractivity contribution in [3.05, 3.63) is 70.8 Å². The molecule has 0 N–H and O–H groups in total. The fraction of sp³-hybridized carbons (Fsp3) is 0.455. The third-order valence-electron chi connectivity index (χ3n) is 9.74. The first-order chi connectivity index (χ1) is 21.2. The first-order valence-corrected chi connectivity index (χ1v) is 15.1. The molecule has 0 spiro atoms. The molecule has 1 aromatic heterocycles. The number of amides is 1. The van der Waals surface area contributed by atoms with Crippen LogP contribution in [0.15, 0.2) is 36.7 Å². The average molecular weight is 603 g/mol. The molecule has 2 aliphatic carbocycles. The van der Waals surface area contributed by atoms with E-state index >= 15 is 8.78 Å². The molecule has 1 amide bonds. The number of hydrogen-bond donors (Lipinski definition) is 0. The number of rotatable bonds is 7. The Morgan fingerprint density at radius 2 is 2.05 bits per heavy atom. The van der Waals surface area contributed by atoms with Gasteiger partial charge in [-0.3, -0.25) is 4.79 Å². The number of fused-ring (bicyclic) bond motifs is 4. The van der Waals surface area contributed by atoms with Gasteiger partial charge in [0.05, 0.1) is 5.56 Å². The maximum absolute atomic E-state index is 16.7.